The van der Waals surface area contributed by atoms with Crippen molar-refractivity contribution in [1.82, 2.24) is 0 Å². The fourth-order valence-electron chi connectivity index (χ4n) is 1.77. The number of methoxy groups -OCH3 is 1. The third-order valence-corrected chi connectivity index (χ3v) is 3.18. The van der Waals surface area contributed by atoms with Gasteiger partial charge in [-0.2, -0.15) is 0 Å². The number of rotatable bonds is 3. The molecule has 2 aromatic rings. The van der Waals surface area contributed by atoms with Crippen molar-refractivity contribution in [2.75, 3.05) is 18.2 Å². The summed E-state index contributed by atoms with van der Waals surface area (Å²) in [5.41, 5.74) is 8.25. The van der Waals surface area contributed by atoms with Gasteiger partial charge in [-0.15, -0.1) is 0 Å². The Morgan fingerprint density at radius 3 is 2.65 bits per heavy atom. The number of amides is 1. The summed E-state index contributed by atoms with van der Waals surface area (Å²) in [7, 11) is 1.50. The fourth-order valence-corrected chi connectivity index (χ4v) is 2.05. The molecule has 0 radical (unpaired) electrons. The van der Waals surface area contributed by atoms with Gasteiger partial charge in [0.05, 0.1) is 23.5 Å². The van der Waals surface area contributed by atoms with Crippen molar-refractivity contribution in [1.29, 1.82) is 0 Å². The lowest BCUT2D eigenvalue weighted by atomic mass is 10.1. The van der Waals surface area contributed by atoms with E-state index in [9.17, 15) is 4.79 Å². The summed E-state index contributed by atoms with van der Waals surface area (Å²) in [6.45, 7) is 1.93. The molecule has 5 heteroatoms. The average molecular weight is 291 g/mol. The van der Waals surface area contributed by atoms with Gasteiger partial charge in [-0.3, -0.25) is 4.79 Å². The van der Waals surface area contributed by atoms with Crippen LogP contribution in [-0.4, -0.2) is 13.0 Å². The highest BCUT2D eigenvalue weighted by molar-refractivity contribution is 6.34. The highest BCUT2D eigenvalue weighted by Crippen LogP contribution is 2.25. The molecule has 0 saturated carbocycles. The maximum atomic E-state index is 12.2. The maximum Gasteiger partial charge on any atom is 0.255 e. The van der Waals surface area contributed by atoms with Crippen molar-refractivity contribution in [2.24, 2.45) is 0 Å². The molecular formula is C15H15ClN2O2. The molecule has 0 aromatic heterocycles. The minimum absolute atomic E-state index is 0.269. The van der Waals surface area contributed by atoms with E-state index >= 15 is 0 Å². The molecule has 2 aromatic carbocycles. The van der Waals surface area contributed by atoms with Gasteiger partial charge in [-0.1, -0.05) is 17.7 Å². The normalized spacial score (nSPS) is 10.2. The average Bonchev–Trinajstić information content (AvgIpc) is 2.42. The van der Waals surface area contributed by atoms with Crippen molar-refractivity contribution in [2.45, 2.75) is 6.92 Å². The lowest BCUT2D eigenvalue weighted by Gasteiger charge is -2.10. The highest BCUT2D eigenvalue weighted by atomic mass is 35.5. The van der Waals surface area contributed by atoms with Crippen LogP contribution in [0.15, 0.2) is 36.4 Å². The first-order valence-electron chi connectivity index (χ1n) is 6.02. The molecule has 0 spiro atoms. The second-order valence-electron chi connectivity index (χ2n) is 4.39. The van der Waals surface area contributed by atoms with E-state index in [1.54, 1.807) is 30.3 Å². The molecule has 0 fully saturated rings. The van der Waals surface area contributed by atoms with E-state index < -0.39 is 0 Å². The van der Waals surface area contributed by atoms with Crippen molar-refractivity contribution in [3.63, 3.8) is 0 Å². The second kappa shape index (κ2) is 5.84. The monoisotopic (exact) mass is 290 g/mol. The van der Waals surface area contributed by atoms with E-state index in [0.717, 1.165) is 5.56 Å². The Balaban J connectivity index is 2.24. The Kier molecular flexibility index (Phi) is 4.15. The molecule has 0 heterocycles. The van der Waals surface area contributed by atoms with Crippen LogP contribution >= 0.6 is 11.6 Å². The standard InChI is InChI=1S/C15H15ClN2O2/c1-9-3-6-13(11(16)7-9)18-15(19)10-4-5-12(17)14(8-10)20-2/h3-8H,17H2,1-2H3,(H,18,19). The lowest BCUT2D eigenvalue weighted by Crippen LogP contribution is -2.12. The first-order valence-corrected chi connectivity index (χ1v) is 6.40. The van der Waals surface area contributed by atoms with Crippen LogP contribution in [0.1, 0.15) is 15.9 Å². The number of nitrogens with two attached hydrogens (primary N) is 1. The van der Waals surface area contributed by atoms with Gasteiger partial charge in [0.25, 0.3) is 5.91 Å². The summed E-state index contributed by atoms with van der Waals surface area (Å²) in [4.78, 5) is 12.2. The zero-order valence-electron chi connectivity index (χ0n) is 11.2. The number of nitrogens with one attached hydrogen (secondary N) is 1. The van der Waals surface area contributed by atoms with Gasteiger partial charge < -0.3 is 15.8 Å². The molecule has 104 valence electrons. The topological polar surface area (TPSA) is 64.3 Å². The molecule has 0 aliphatic rings. The van der Waals surface area contributed by atoms with Gasteiger partial charge in [-0.05, 0) is 42.8 Å². The molecule has 1 amide bonds. The van der Waals surface area contributed by atoms with Gasteiger partial charge in [0.1, 0.15) is 5.75 Å². The van der Waals surface area contributed by atoms with Crippen molar-refractivity contribution >= 4 is 28.9 Å². The largest absolute Gasteiger partial charge is 0.495 e. The number of carbonyl (C=O) groups excluding carboxylic acids is 1. The summed E-state index contributed by atoms with van der Waals surface area (Å²) in [6.07, 6.45) is 0. The molecule has 4 nitrogen and oxygen atoms in total. The molecule has 2 rings (SSSR count). The number of carbonyl (C=O) groups is 1. The number of ether oxygens (including phenoxy) is 1. The number of benzene rings is 2. The number of nitrogen functional groups attached to an aromatic ring is 1. The van der Waals surface area contributed by atoms with Crippen LogP contribution in [0.5, 0.6) is 5.75 Å². The Labute approximate surface area is 122 Å². The van der Waals surface area contributed by atoms with Gasteiger partial charge >= 0.3 is 0 Å². The quantitative estimate of drug-likeness (QED) is 0.851. The first-order chi connectivity index (χ1) is 9.51. The van der Waals surface area contributed by atoms with Crippen LogP contribution in [0.3, 0.4) is 0 Å². The highest BCUT2D eigenvalue weighted by Gasteiger charge is 2.11. The van der Waals surface area contributed by atoms with E-state index in [0.29, 0.717) is 27.7 Å². The molecule has 0 saturated heterocycles. The van der Waals surface area contributed by atoms with Crippen molar-refractivity contribution in [3.8, 4) is 5.75 Å². The molecule has 0 aliphatic carbocycles. The van der Waals surface area contributed by atoms with E-state index in [1.807, 2.05) is 13.0 Å². The number of halogens is 1. The van der Waals surface area contributed by atoms with Crippen LogP contribution in [-0.2, 0) is 0 Å². The Morgan fingerprint density at radius 2 is 2.00 bits per heavy atom. The summed E-state index contributed by atoms with van der Waals surface area (Å²) in [5, 5.41) is 3.26. The lowest BCUT2D eigenvalue weighted by molar-refractivity contribution is 0.102. The zero-order valence-corrected chi connectivity index (χ0v) is 12.0. The van der Waals surface area contributed by atoms with Gasteiger partial charge in [-0.25, -0.2) is 0 Å². The fraction of sp³-hybridized carbons (Fsp3) is 0.133. The molecule has 3 N–H and O–H groups in total. The van der Waals surface area contributed by atoms with E-state index in [1.165, 1.54) is 7.11 Å². The molecule has 0 unspecified atom stereocenters. The summed E-state index contributed by atoms with van der Waals surface area (Å²) >= 11 is 6.09. The third-order valence-electron chi connectivity index (χ3n) is 2.87. The zero-order chi connectivity index (χ0) is 14.7. The van der Waals surface area contributed by atoms with Gasteiger partial charge in [0.15, 0.2) is 0 Å². The Morgan fingerprint density at radius 1 is 1.25 bits per heavy atom. The first kappa shape index (κ1) is 14.2. The predicted octanol–water partition coefficient (Wildman–Crippen LogP) is 3.49. The van der Waals surface area contributed by atoms with E-state index in [-0.39, 0.29) is 5.91 Å². The Hall–Kier alpha value is -2.20. The number of aryl methyl sites for hydroxylation is 1. The van der Waals surface area contributed by atoms with Crippen molar-refractivity contribution < 1.29 is 9.53 Å². The van der Waals surface area contributed by atoms with Gasteiger partial charge in [0, 0.05) is 5.56 Å². The smallest absolute Gasteiger partial charge is 0.255 e. The maximum absolute atomic E-state index is 12.2. The van der Waals surface area contributed by atoms with Crippen LogP contribution in [0.25, 0.3) is 0 Å². The molecule has 20 heavy (non-hydrogen) atoms. The molecule has 0 aliphatic heterocycles. The number of anilines is 2. The van der Waals surface area contributed by atoms with Gasteiger partial charge in [0.2, 0.25) is 0 Å². The second-order valence-corrected chi connectivity index (χ2v) is 4.80. The molecule has 0 atom stereocenters. The predicted molar refractivity (Wildman–Crippen MR) is 81.5 cm³/mol. The third kappa shape index (κ3) is 3.03. The summed E-state index contributed by atoms with van der Waals surface area (Å²) in [5.74, 6) is 0.196. The SMILES string of the molecule is COc1cc(C(=O)Nc2ccc(C)cc2Cl)ccc1N. The number of hydrogen-bond donors (Lipinski definition) is 2. The summed E-state index contributed by atoms with van der Waals surface area (Å²) < 4.78 is 5.09. The Bertz CT molecular complexity index is 656. The summed E-state index contributed by atoms with van der Waals surface area (Å²) in [6, 6.07) is 10.3. The minimum Gasteiger partial charge on any atom is -0.495 e. The molecule has 0 bridgehead atoms. The van der Waals surface area contributed by atoms with Crippen LogP contribution in [0.4, 0.5) is 11.4 Å². The van der Waals surface area contributed by atoms with Crippen LogP contribution < -0.4 is 15.8 Å². The minimum atomic E-state index is -0.269. The van der Waals surface area contributed by atoms with Crippen LogP contribution in [0.2, 0.25) is 5.02 Å². The van der Waals surface area contributed by atoms with E-state index in [4.69, 9.17) is 22.1 Å². The van der Waals surface area contributed by atoms with E-state index in [2.05, 4.69) is 5.32 Å². The van der Waals surface area contributed by atoms with Crippen molar-refractivity contribution in [3.05, 3.63) is 52.5 Å². The van der Waals surface area contributed by atoms with Crippen LogP contribution in [0, 0.1) is 6.92 Å². The number of hydrogen-bond acceptors (Lipinski definition) is 3. The molecular weight excluding hydrogens is 276 g/mol.